The Labute approximate surface area is 123 Å². The molecular formula is C16H10F4O2. The molecule has 0 atom stereocenters. The maximum Gasteiger partial charge on any atom is 0.573 e. The van der Waals surface area contributed by atoms with Crippen LogP contribution >= 0.6 is 0 Å². The van der Waals surface area contributed by atoms with E-state index < -0.39 is 17.9 Å². The minimum absolute atomic E-state index is 0.364. The van der Waals surface area contributed by atoms with Crippen molar-refractivity contribution in [1.29, 1.82) is 0 Å². The number of carbonyl (C=O) groups is 1. The van der Waals surface area contributed by atoms with E-state index in [1.165, 1.54) is 12.1 Å². The van der Waals surface area contributed by atoms with Gasteiger partial charge >= 0.3 is 6.36 Å². The van der Waals surface area contributed by atoms with Crippen LogP contribution in [-0.4, -0.2) is 12.6 Å². The van der Waals surface area contributed by atoms with Crippen molar-refractivity contribution >= 4 is 18.4 Å². The van der Waals surface area contributed by atoms with E-state index in [0.717, 1.165) is 12.1 Å². The fourth-order valence-corrected chi connectivity index (χ4v) is 1.76. The molecule has 0 radical (unpaired) electrons. The zero-order chi connectivity index (χ0) is 16.2. The highest BCUT2D eigenvalue weighted by atomic mass is 19.4. The molecule has 2 rings (SSSR count). The lowest BCUT2D eigenvalue weighted by Crippen LogP contribution is -2.17. The van der Waals surface area contributed by atoms with Gasteiger partial charge in [-0.2, -0.15) is 0 Å². The van der Waals surface area contributed by atoms with Crippen LogP contribution in [0, 0.1) is 5.82 Å². The molecule has 0 unspecified atom stereocenters. The van der Waals surface area contributed by atoms with Crippen molar-refractivity contribution in [3.63, 3.8) is 0 Å². The van der Waals surface area contributed by atoms with Crippen molar-refractivity contribution < 1.29 is 27.1 Å². The SMILES string of the molecule is O=Cc1cccc(/C=C/c2ccc(OC(F)(F)F)c(F)c2)c1. The first kappa shape index (κ1) is 15.8. The lowest BCUT2D eigenvalue weighted by atomic mass is 10.1. The fourth-order valence-electron chi connectivity index (χ4n) is 1.76. The number of ether oxygens (including phenoxy) is 1. The normalized spacial score (nSPS) is 11.6. The Morgan fingerprint density at radius 2 is 1.55 bits per heavy atom. The third-order valence-electron chi connectivity index (χ3n) is 2.70. The Morgan fingerprint density at radius 3 is 2.14 bits per heavy atom. The first-order valence-corrected chi connectivity index (χ1v) is 6.16. The molecule has 0 aromatic heterocycles. The topological polar surface area (TPSA) is 26.3 Å². The number of benzene rings is 2. The number of hydrogen-bond donors (Lipinski definition) is 0. The van der Waals surface area contributed by atoms with Crippen LogP contribution in [0.4, 0.5) is 17.6 Å². The predicted octanol–water partition coefficient (Wildman–Crippen LogP) is 4.71. The highest BCUT2D eigenvalue weighted by molar-refractivity contribution is 5.78. The molecule has 0 fully saturated rings. The molecule has 22 heavy (non-hydrogen) atoms. The molecule has 2 aromatic rings. The summed E-state index contributed by atoms with van der Waals surface area (Å²) in [4.78, 5) is 10.6. The largest absolute Gasteiger partial charge is 0.573 e. The molecule has 0 heterocycles. The fraction of sp³-hybridized carbons (Fsp3) is 0.0625. The van der Waals surface area contributed by atoms with Gasteiger partial charge in [0, 0.05) is 5.56 Å². The van der Waals surface area contributed by atoms with Crippen molar-refractivity contribution in [2.45, 2.75) is 6.36 Å². The van der Waals surface area contributed by atoms with Crippen LogP contribution in [0.1, 0.15) is 21.5 Å². The summed E-state index contributed by atoms with van der Waals surface area (Å²) in [5.41, 5.74) is 1.56. The summed E-state index contributed by atoms with van der Waals surface area (Å²) >= 11 is 0. The number of rotatable bonds is 4. The average Bonchev–Trinajstić information content (AvgIpc) is 2.46. The Kier molecular flexibility index (Phi) is 4.60. The Bertz CT molecular complexity index is 706. The van der Waals surface area contributed by atoms with Crippen LogP contribution in [0.15, 0.2) is 42.5 Å². The first-order valence-electron chi connectivity index (χ1n) is 6.16. The van der Waals surface area contributed by atoms with Crippen LogP contribution in [0.25, 0.3) is 12.2 Å². The summed E-state index contributed by atoms with van der Waals surface area (Å²) in [5, 5.41) is 0. The van der Waals surface area contributed by atoms with Crippen LogP contribution < -0.4 is 4.74 Å². The number of halogens is 4. The zero-order valence-electron chi connectivity index (χ0n) is 11.1. The van der Waals surface area contributed by atoms with Gasteiger partial charge in [0.25, 0.3) is 0 Å². The minimum Gasteiger partial charge on any atom is -0.403 e. The Morgan fingerprint density at radius 1 is 0.909 bits per heavy atom. The maximum absolute atomic E-state index is 13.5. The average molecular weight is 310 g/mol. The van der Waals surface area contributed by atoms with E-state index in [9.17, 15) is 22.4 Å². The predicted molar refractivity (Wildman–Crippen MR) is 73.8 cm³/mol. The molecule has 0 bridgehead atoms. The van der Waals surface area contributed by atoms with E-state index in [1.54, 1.807) is 30.3 Å². The third kappa shape index (κ3) is 4.44. The van der Waals surface area contributed by atoms with Crippen molar-refractivity contribution in [2.24, 2.45) is 0 Å². The number of hydrogen-bond acceptors (Lipinski definition) is 2. The van der Waals surface area contributed by atoms with E-state index in [-0.39, 0.29) is 0 Å². The second-order valence-corrected chi connectivity index (χ2v) is 4.36. The van der Waals surface area contributed by atoms with Gasteiger partial charge in [0.1, 0.15) is 6.29 Å². The molecule has 0 aliphatic heterocycles. The molecule has 0 spiro atoms. The van der Waals surface area contributed by atoms with Crippen molar-refractivity contribution in [3.05, 3.63) is 65.0 Å². The van der Waals surface area contributed by atoms with E-state index in [4.69, 9.17) is 0 Å². The second kappa shape index (κ2) is 6.43. The first-order chi connectivity index (χ1) is 10.4. The number of aldehydes is 1. The summed E-state index contributed by atoms with van der Waals surface area (Å²) in [5.74, 6) is -1.99. The van der Waals surface area contributed by atoms with Crippen LogP contribution in [0.5, 0.6) is 5.75 Å². The summed E-state index contributed by atoms with van der Waals surface area (Å²) in [7, 11) is 0. The Balaban J connectivity index is 2.18. The molecule has 6 heteroatoms. The second-order valence-electron chi connectivity index (χ2n) is 4.36. The molecular weight excluding hydrogens is 300 g/mol. The summed E-state index contributed by atoms with van der Waals surface area (Å²) in [6, 6.07) is 9.81. The molecule has 114 valence electrons. The number of alkyl halides is 3. The van der Waals surface area contributed by atoms with Gasteiger partial charge in [-0.15, -0.1) is 13.2 Å². The third-order valence-corrected chi connectivity index (χ3v) is 2.70. The van der Waals surface area contributed by atoms with E-state index in [1.807, 2.05) is 0 Å². The quantitative estimate of drug-likeness (QED) is 0.464. The molecule has 0 saturated heterocycles. The van der Waals surface area contributed by atoms with Gasteiger partial charge in [0.15, 0.2) is 11.6 Å². The van der Waals surface area contributed by atoms with Crippen molar-refractivity contribution in [1.82, 2.24) is 0 Å². The molecule has 2 nitrogen and oxygen atoms in total. The number of carbonyl (C=O) groups excluding carboxylic acids is 1. The highest BCUT2D eigenvalue weighted by Crippen LogP contribution is 2.26. The maximum atomic E-state index is 13.5. The molecule has 0 saturated carbocycles. The van der Waals surface area contributed by atoms with Gasteiger partial charge < -0.3 is 4.74 Å². The summed E-state index contributed by atoms with van der Waals surface area (Å²) < 4.78 is 53.2. The lowest BCUT2D eigenvalue weighted by molar-refractivity contribution is -0.275. The van der Waals surface area contributed by atoms with Gasteiger partial charge in [-0.3, -0.25) is 4.79 Å². The highest BCUT2D eigenvalue weighted by Gasteiger charge is 2.32. The van der Waals surface area contributed by atoms with Gasteiger partial charge in [-0.1, -0.05) is 36.4 Å². The van der Waals surface area contributed by atoms with E-state index >= 15 is 0 Å². The van der Waals surface area contributed by atoms with Crippen LogP contribution in [0.3, 0.4) is 0 Å². The van der Waals surface area contributed by atoms with Gasteiger partial charge in [0.05, 0.1) is 0 Å². The smallest absolute Gasteiger partial charge is 0.403 e. The molecule has 0 aliphatic rings. The lowest BCUT2D eigenvalue weighted by Gasteiger charge is -2.09. The van der Waals surface area contributed by atoms with Crippen LogP contribution in [-0.2, 0) is 0 Å². The summed E-state index contributed by atoms with van der Waals surface area (Å²) in [6.45, 7) is 0. The van der Waals surface area contributed by atoms with E-state index in [0.29, 0.717) is 23.0 Å². The monoisotopic (exact) mass is 310 g/mol. The molecule has 2 aromatic carbocycles. The van der Waals surface area contributed by atoms with Gasteiger partial charge in [-0.05, 0) is 29.3 Å². The van der Waals surface area contributed by atoms with E-state index in [2.05, 4.69) is 4.74 Å². The molecule has 0 aliphatic carbocycles. The van der Waals surface area contributed by atoms with Crippen molar-refractivity contribution in [3.8, 4) is 5.75 Å². The zero-order valence-corrected chi connectivity index (χ0v) is 11.1. The van der Waals surface area contributed by atoms with Gasteiger partial charge in [-0.25, -0.2) is 4.39 Å². The summed E-state index contributed by atoms with van der Waals surface area (Å²) in [6.07, 6.45) is -1.11. The standard InChI is InChI=1S/C16H10F4O2/c17-14-9-12(6-7-15(14)22-16(18,19)20)5-4-11-2-1-3-13(8-11)10-21/h1-10H/b5-4+. The minimum atomic E-state index is -4.94. The molecule has 0 amide bonds. The Hall–Kier alpha value is -2.63. The molecule has 0 N–H and O–H groups in total. The van der Waals surface area contributed by atoms with Crippen LogP contribution in [0.2, 0.25) is 0 Å². The van der Waals surface area contributed by atoms with Crippen molar-refractivity contribution in [2.75, 3.05) is 0 Å². The van der Waals surface area contributed by atoms with Gasteiger partial charge in [0.2, 0.25) is 0 Å².